The largest absolute Gasteiger partial charge is 0.422 e. The van der Waals surface area contributed by atoms with E-state index in [4.69, 9.17) is 0 Å². The second kappa shape index (κ2) is 6.47. The van der Waals surface area contributed by atoms with Crippen LogP contribution in [-0.4, -0.2) is 49.3 Å². The van der Waals surface area contributed by atoms with Crippen molar-refractivity contribution in [2.75, 3.05) is 0 Å². The minimum Gasteiger partial charge on any atom is -0.250 e. The molecule has 140 valence electrons. The monoisotopic (exact) mass is 382 g/mol. The molecule has 0 aromatic rings. The lowest BCUT2D eigenvalue weighted by molar-refractivity contribution is -0.423. The first-order valence-corrected chi connectivity index (χ1v) is 4.99. The van der Waals surface area contributed by atoms with Gasteiger partial charge in [0.25, 0.3) is 0 Å². The number of rotatable bonds is 6. The number of alkyl halides is 14. The Morgan fingerprint density at radius 2 is 0.652 bits per heavy atom. The molecule has 0 amide bonds. The SMILES string of the molecule is FC(C(F)C(F)(F)OC(F)(F)C(F)C(F)C(F)(F)F)C(F)(F)F. The van der Waals surface area contributed by atoms with Crippen LogP contribution in [0.2, 0.25) is 0 Å². The Kier molecular flexibility index (Phi) is 6.18. The molecule has 0 aromatic carbocycles. The van der Waals surface area contributed by atoms with E-state index in [0.717, 1.165) is 0 Å². The van der Waals surface area contributed by atoms with Crippen LogP contribution in [0.1, 0.15) is 0 Å². The van der Waals surface area contributed by atoms with Gasteiger partial charge in [-0.15, -0.1) is 0 Å². The van der Waals surface area contributed by atoms with Crippen molar-refractivity contribution in [1.82, 2.24) is 0 Å². The molecule has 4 atom stereocenters. The standard InChI is InChI=1S/C8H4F14O/c9-1(5(13,14)15)3(11)7(19,20)23-8(21,22)4(12)2(10)6(16,17)18/h1-4H. The molecule has 0 aromatic heterocycles. The van der Waals surface area contributed by atoms with Gasteiger partial charge < -0.3 is 0 Å². The molecule has 23 heavy (non-hydrogen) atoms. The molecular formula is C8H4F14O. The zero-order valence-corrected chi connectivity index (χ0v) is 10.0. The molecule has 0 N–H and O–H groups in total. The molecule has 0 heterocycles. The Bertz CT molecular complexity index is 349. The Morgan fingerprint density at radius 3 is 0.826 bits per heavy atom. The Balaban J connectivity index is 5.27. The van der Waals surface area contributed by atoms with Crippen LogP contribution < -0.4 is 0 Å². The summed E-state index contributed by atoms with van der Waals surface area (Å²) in [5, 5.41) is 0. The van der Waals surface area contributed by atoms with Crippen molar-refractivity contribution >= 4 is 0 Å². The third kappa shape index (κ3) is 5.53. The maximum absolute atomic E-state index is 12.6. The van der Waals surface area contributed by atoms with E-state index in [2.05, 4.69) is 0 Å². The summed E-state index contributed by atoms with van der Waals surface area (Å²) in [6.07, 6.45) is -46.0. The van der Waals surface area contributed by atoms with Crippen molar-refractivity contribution in [2.45, 2.75) is 49.3 Å². The summed E-state index contributed by atoms with van der Waals surface area (Å²) in [4.78, 5) is 0. The van der Waals surface area contributed by atoms with Crippen LogP contribution in [-0.2, 0) is 4.74 Å². The van der Waals surface area contributed by atoms with Crippen LogP contribution in [0.4, 0.5) is 61.5 Å². The van der Waals surface area contributed by atoms with E-state index in [9.17, 15) is 61.5 Å². The van der Waals surface area contributed by atoms with Crippen molar-refractivity contribution in [1.29, 1.82) is 0 Å². The Morgan fingerprint density at radius 1 is 0.435 bits per heavy atom. The molecule has 0 aliphatic carbocycles. The van der Waals surface area contributed by atoms with Gasteiger partial charge in [-0.2, -0.15) is 43.9 Å². The van der Waals surface area contributed by atoms with Crippen molar-refractivity contribution < 1.29 is 66.2 Å². The van der Waals surface area contributed by atoms with Crippen LogP contribution >= 0.6 is 0 Å². The minimum atomic E-state index is -6.42. The molecule has 1 nitrogen and oxygen atoms in total. The number of halogens is 14. The van der Waals surface area contributed by atoms with Gasteiger partial charge >= 0.3 is 24.6 Å². The second-order valence-corrected chi connectivity index (χ2v) is 3.92. The highest BCUT2D eigenvalue weighted by Crippen LogP contribution is 2.42. The molecule has 0 aliphatic heterocycles. The average molecular weight is 382 g/mol. The predicted octanol–water partition coefficient (Wildman–Crippen LogP) is 4.67. The van der Waals surface area contributed by atoms with E-state index in [-0.39, 0.29) is 0 Å². The Hall–Kier alpha value is -1.02. The Labute approximate surface area is 117 Å². The van der Waals surface area contributed by atoms with E-state index in [0.29, 0.717) is 0 Å². The fraction of sp³-hybridized carbons (Fsp3) is 1.00. The zero-order chi connectivity index (χ0) is 19.0. The van der Waals surface area contributed by atoms with Crippen LogP contribution in [0, 0.1) is 0 Å². The highest BCUT2D eigenvalue weighted by atomic mass is 19.4. The molecule has 15 heteroatoms. The number of hydrogen-bond donors (Lipinski definition) is 0. The highest BCUT2D eigenvalue weighted by molar-refractivity contribution is 4.87. The molecule has 0 fully saturated rings. The highest BCUT2D eigenvalue weighted by Gasteiger charge is 2.65. The molecule has 0 bridgehead atoms. The van der Waals surface area contributed by atoms with Crippen LogP contribution in [0.3, 0.4) is 0 Å². The lowest BCUT2D eigenvalue weighted by Crippen LogP contribution is -2.54. The summed E-state index contributed by atoms with van der Waals surface area (Å²) in [6, 6.07) is 0. The first-order chi connectivity index (χ1) is 9.84. The molecule has 0 rings (SSSR count). The molecule has 4 unspecified atom stereocenters. The molecular weight excluding hydrogens is 378 g/mol. The molecule has 0 aliphatic rings. The van der Waals surface area contributed by atoms with E-state index in [1.165, 1.54) is 0 Å². The molecule has 0 saturated heterocycles. The third-order valence-corrected chi connectivity index (χ3v) is 2.05. The second-order valence-electron chi connectivity index (χ2n) is 3.92. The van der Waals surface area contributed by atoms with Gasteiger partial charge in [0.2, 0.25) is 24.7 Å². The summed E-state index contributed by atoms with van der Waals surface area (Å²) < 4.78 is 172. The first-order valence-electron chi connectivity index (χ1n) is 4.99. The minimum absolute atomic E-state index is 1.88. The summed E-state index contributed by atoms with van der Waals surface area (Å²) in [6.45, 7) is 0. The predicted molar refractivity (Wildman–Crippen MR) is 42.7 cm³/mol. The van der Waals surface area contributed by atoms with E-state index in [1.54, 1.807) is 0 Å². The maximum Gasteiger partial charge on any atom is 0.422 e. The normalized spacial score (nSPS) is 20.1. The van der Waals surface area contributed by atoms with E-state index in [1.807, 2.05) is 4.74 Å². The summed E-state index contributed by atoms with van der Waals surface area (Å²) in [5.41, 5.74) is 0. The van der Waals surface area contributed by atoms with Gasteiger partial charge in [0.05, 0.1) is 0 Å². The van der Waals surface area contributed by atoms with Gasteiger partial charge in [0, 0.05) is 0 Å². The van der Waals surface area contributed by atoms with E-state index < -0.39 is 49.3 Å². The van der Waals surface area contributed by atoms with Crippen molar-refractivity contribution in [3.05, 3.63) is 0 Å². The maximum atomic E-state index is 12.6. The van der Waals surface area contributed by atoms with Gasteiger partial charge in [-0.25, -0.2) is 17.6 Å². The molecule has 0 spiro atoms. The van der Waals surface area contributed by atoms with Crippen molar-refractivity contribution in [3.8, 4) is 0 Å². The first kappa shape index (κ1) is 22.0. The average Bonchev–Trinajstić information content (AvgIpc) is 2.31. The summed E-state index contributed by atoms with van der Waals surface area (Å²) in [5.74, 6) is 0. The molecule has 0 radical (unpaired) electrons. The number of ether oxygens (including phenoxy) is 1. The van der Waals surface area contributed by atoms with Crippen LogP contribution in [0.15, 0.2) is 0 Å². The molecule has 0 saturated carbocycles. The fourth-order valence-corrected chi connectivity index (χ4v) is 0.967. The summed E-state index contributed by atoms with van der Waals surface area (Å²) >= 11 is 0. The lowest BCUT2D eigenvalue weighted by Gasteiger charge is -2.30. The smallest absolute Gasteiger partial charge is 0.250 e. The van der Waals surface area contributed by atoms with Crippen molar-refractivity contribution in [3.63, 3.8) is 0 Å². The van der Waals surface area contributed by atoms with Crippen LogP contribution in [0.5, 0.6) is 0 Å². The van der Waals surface area contributed by atoms with Gasteiger partial charge in [-0.1, -0.05) is 0 Å². The number of hydrogen-bond acceptors (Lipinski definition) is 1. The lowest BCUT2D eigenvalue weighted by atomic mass is 10.2. The zero-order valence-electron chi connectivity index (χ0n) is 10.0. The fourth-order valence-electron chi connectivity index (χ4n) is 0.967. The van der Waals surface area contributed by atoms with Crippen LogP contribution in [0.25, 0.3) is 0 Å². The van der Waals surface area contributed by atoms with Gasteiger partial charge in [0.15, 0.2) is 0 Å². The quantitative estimate of drug-likeness (QED) is 0.607. The van der Waals surface area contributed by atoms with Gasteiger partial charge in [-0.3, -0.25) is 4.74 Å². The third-order valence-electron chi connectivity index (χ3n) is 2.05. The summed E-state index contributed by atoms with van der Waals surface area (Å²) in [7, 11) is 0. The van der Waals surface area contributed by atoms with Gasteiger partial charge in [-0.05, 0) is 0 Å². The van der Waals surface area contributed by atoms with Crippen molar-refractivity contribution in [2.24, 2.45) is 0 Å². The van der Waals surface area contributed by atoms with E-state index >= 15 is 0 Å². The van der Waals surface area contributed by atoms with Gasteiger partial charge in [0.1, 0.15) is 0 Å². The topological polar surface area (TPSA) is 9.23 Å².